The largest absolute Gasteiger partial charge is 0.466 e. The lowest BCUT2D eigenvalue weighted by Gasteiger charge is -2.06. The van der Waals surface area contributed by atoms with E-state index in [2.05, 4.69) is 12.2 Å². The Bertz CT molecular complexity index is 360. The molecule has 1 N–H and O–H groups in total. The Labute approximate surface area is 148 Å². The first-order valence-corrected chi connectivity index (χ1v) is 9.64. The lowest BCUT2D eigenvalue weighted by molar-refractivity contribution is -0.143. The third kappa shape index (κ3) is 17.0. The van der Waals surface area contributed by atoms with Gasteiger partial charge in [0.1, 0.15) is 0 Å². The van der Waals surface area contributed by atoms with Crippen molar-refractivity contribution < 1.29 is 14.3 Å². The van der Waals surface area contributed by atoms with Crippen molar-refractivity contribution in [1.29, 1.82) is 0 Å². The molecule has 0 spiro atoms. The predicted octanol–water partition coefficient (Wildman–Crippen LogP) is 4.92. The average Bonchev–Trinajstić information content (AvgIpc) is 2.52. The zero-order chi connectivity index (χ0) is 18.0. The van der Waals surface area contributed by atoms with Crippen LogP contribution in [0.4, 0.5) is 0 Å². The van der Waals surface area contributed by atoms with Crippen molar-refractivity contribution in [3.8, 4) is 0 Å². The smallest absolute Gasteiger partial charge is 0.307 e. The van der Waals surface area contributed by atoms with E-state index in [4.69, 9.17) is 4.74 Å². The van der Waals surface area contributed by atoms with E-state index in [1.807, 2.05) is 13.8 Å². The van der Waals surface area contributed by atoms with Crippen LogP contribution in [0.1, 0.15) is 91.4 Å². The molecule has 0 fully saturated rings. The summed E-state index contributed by atoms with van der Waals surface area (Å²) in [4.78, 5) is 22.9. The van der Waals surface area contributed by atoms with Gasteiger partial charge in [0.25, 0.3) is 0 Å². The number of amides is 1. The highest BCUT2D eigenvalue weighted by Gasteiger charge is 2.03. The summed E-state index contributed by atoms with van der Waals surface area (Å²) < 4.78 is 5.17. The number of hydrogen-bond acceptors (Lipinski definition) is 3. The molecule has 0 aliphatic heterocycles. The lowest BCUT2D eigenvalue weighted by Crippen LogP contribution is -2.25. The third-order valence-corrected chi connectivity index (χ3v) is 3.81. The van der Waals surface area contributed by atoms with Gasteiger partial charge in [-0.25, -0.2) is 0 Å². The van der Waals surface area contributed by atoms with Crippen LogP contribution in [0.15, 0.2) is 11.6 Å². The van der Waals surface area contributed by atoms with E-state index >= 15 is 0 Å². The molecule has 1 amide bonds. The summed E-state index contributed by atoms with van der Waals surface area (Å²) in [5.41, 5.74) is 0.941. The van der Waals surface area contributed by atoms with Crippen LogP contribution in [0.2, 0.25) is 0 Å². The normalized spacial score (nSPS) is 10.3. The second kappa shape index (κ2) is 16.5. The van der Waals surface area contributed by atoms with Crippen LogP contribution in [0.3, 0.4) is 0 Å². The summed E-state index contributed by atoms with van der Waals surface area (Å²) in [6.45, 7) is 6.80. The van der Waals surface area contributed by atoms with Gasteiger partial charge in [0.05, 0.1) is 13.0 Å². The first kappa shape index (κ1) is 22.7. The van der Waals surface area contributed by atoms with Crippen molar-refractivity contribution in [2.24, 2.45) is 0 Å². The molecule has 0 aromatic rings. The van der Waals surface area contributed by atoms with Gasteiger partial charge in [-0.15, -0.1) is 0 Å². The molecule has 0 heterocycles. The number of carbonyl (C=O) groups excluding carboxylic acids is 2. The lowest BCUT2D eigenvalue weighted by atomic mass is 10.1. The Morgan fingerprint density at radius 2 is 1.42 bits per heavy atom. The standard InChI is InChI=1S/C20H37NO3/c1-4-5-6-7-8-9-10-11-12-13-16-24-20(23)14-15-21-19(22)17-18(2)3/h17H,4-16H2,1-3H3,(H,21,22). The van der Waals surface area contributed by atoms with Crippen molar-refractivity contribution in [1.82, 2.24) is 5.32 Å². The average molecular weight is 340 g/mol. The zero-order valence-electron chi connectivity index (χ0n) is 16.0. The number of allylic oxidation sites excluding steroid dienone is 1. The molecule has 0 atom stereocenters. The van der Waals surface area contributed by atoms with Crippen LogP contribution >= 0.6 is 0 Å². The Morgan fingerprint density at radius 1 is 0.875 bits per heavy atom. The van der Waals surface area contributed by atoms with Crippen molar-refractivity contribution >= 4 is 11.9 Å². The number of esters is 1. The predicted molar refractivity (Wildman–Crippen MR) is 99.9 cm³/mol. The summed E-state index contributed by atoms with van der Waals surface area (Å²) >= 11 is 0. The molecular weight excluding hydrogens is 302 g/mol. The molecule has 0 saturated carbocycles. The Kier molecular flexibility index (Phi) is 15.6. The Balaban J connectivity index is 3.32. The second-order valence-corrected chi connectivity index (χ2v) is 6.67. The van der Waals surface area contributed by atoms with Crippen LogP contribution in [0.5, 0.6) is 0 Å². The second-order valence-electron chi connectivity index (χ2n) is 6.67. The molecule has 24 heavy (non-hydrogen) atoms. The summed E-state index contributed by atoms with van der Waals surface area (Å²) in [5, 5.41) is 2.67. The van der Waals surface area contributed by atoms with Gasteiger partial charge in [-0.1, -0.05) is 70.3 Å². The fourth-order valence-corrected chi connectivity index (χ4v) is 2.45. The van der Waals surface area contributed by atoms with Crippen LogP contribution in [-0.2, 0) is 14.3 Å². The summed E-state index contributed by atoms with van der Waals surface area (Å²) in [5.74, 6) is -0.388. The number of carbonyl (C=O) groups is 2. The van der Waals surface area contributed by atoms with E-state index in [1.54, 1.807) is 0 Å². The quantitative estimate of drug-likeness (QED) is 0.262. The zero-order valence-corrected chi connectivity index (χ0v) is 16.0. The summed E-state index contributed by atoms with van der Waals surface area (Å²) in [6.07, 6.45) is 14.4. The maximum atomic E-state index is 11.5. The van der Waals surface area contributed by atoms with E-state index in [9.17, 15) is 9.59 Å². The molecule has 4 nitrogen and oxygen atoms in total. The highest BCUT2D eigenvalue weighted by atomic mass is 16.5. The maximum absolute atomic E-state index is 11.5. The number of rotatable bonds is 15. The molecule has 0 unspecified atom stereocenters. The highest BCUT2D eigenvalue weighted by Crippen LogP contribution is 2.10. The van der Waals surface area contributed by atoms with Crippen molar-refractivity contribution in [2.45, 2.75) is 91.4 Å². The monoisotopic (exact) mass is 339 g/mol. The molecule has 0 radical (unpaired) electrons. The van der Waals surface area contributed by atoms with Crippen LogP contribution in [0, 0.1) is 0 Å². The van der Waals surface area contributed by atoms with Gasteiger partial charge >= 0.3 is 5.97 Å². The molecule has 0 rings (SSSR count). The first-order chi connectivity index (χ1) is 11.6. The number of hydrogen-bond donors (Lipinski definition) is 1. The molecule has 0 saturated heterocycles. The SMILES string of the molecule is CCCCCCCCCCCCOC(=O)CCNC(=O)C=C(C)C. The minimum atomic E-state index is -0.233. The topological polar surface area (TPSA) is 55.4 Å². The van der Waals surface area contributed by atoms with Crippen molar-refractivity contribution in [3.05, 3.63) is 11.6 Å². The molecular formula is C20H37NO3. The molecule has 0 aromatic carbocycles. The van der Waals surface area contributed by atoms with Gasteiger partial charge < -0.3 is 10.1 Å². The molecule has 0 bridgehead atoms. The summed E-state index contributed by atoms with van der Waals surface area (Å²) in [7, 11) is 0. The van der Waals surface area contributed by atoms with Gasteiger partial charge in [0.15, 0.2) is 0 Å². The molecule has 0 aromatic heterocycles. The van der Waals surface area contributed by atoms with Crippen LogP contribution in [0.25, 0.3) is 0 Å². The van der Waals surface area contributed by atoms with Crippen LogP contribution in [-0.4, -0.2) is 25.0 Å². The van der Waals surface area contributed by atoms with Crippen molar-refractivity contribution in [3.63, 3.8) is 0 Å². The number of unbranched alkanes of at least 4 members (excludes halogenated alkanes) is 9. The van der Waals surface area contributed by atoms with E-state index in [0.717, 1.165) is 18.4 Å². The fraction of sp³-hybridized carbons (Fsp3) is 0.800. The van der Waals surface area contributed by atoms with E-state index in [-0.39, 0.29) is 18.3 Å². The minimum Gasteiger partial charge on any atom is -0.466 e. The van der Waals surface area contributed by atoms with Gasteiger partial charge in [-0.3, -0.25) is 9.59 Å². The van der Waals surface area contributed by atoms with Gasteiger partial charge in [0.2, 0.25) is 5.91 Å². The number of ether oxygens (including phenoxy) is 1. The van der Waals surface area contributed by atoms with Gasteiger partial charge in [0, 0.05) is 12.6 Å². The van der Waals surface area contributed by atoms with E-state index in [1.165, 1.54) is 57.4 Å². The molecule has 0 aliphatic carbocycles. The number of nitrogens with one attached hydrogen (secondary N) is 1. The van der Waals surface area contributed by atoms with Gasteiger partial charge in [-0.2, -0.15) is 0 Å². The summed E-state index contributed by atoms with van der Waals surface area (Å²) in [6, 6.07) is 0. The third-order valence-electron chi connectivity index (χ3n) is 3.81. The fourth-order valence-electron chi connectivity index (χ4n) is 2.45. The van der Waals surface area contributed by atoms with Crippen molar-refractivity contribution in [2.75, 3.05) is 13.2 Å². The first-order valence-electron chi connectivity index (χ1n) is 9.64. The maximum Gasteiger partial charge on any atom is 0.307 e. The Morgan fingerprint density at radius 3 is 1.96 bits per heavy atom. The van der Waals surface area contributed by atoms with Crippen LogP contribution < -0.4 is 5.32 Å². The van der Waals surface area contributed by atoms with E-state index in [0.29, 0.717) is 13.2 Å². The highest BCUT2D eigenvalue weighted by molar-refractivity contribution is 5.88. The molecule has 140 valence electrons. The van der Waals surface area contributed by atoms with E-state index < -0.39 is 0 Å². The Hall–Kier alpha value is -1.32. The molecule has 4 heteroatoms. The minimum absolute atomic E-state index is 0.155. The molecule has 0 aliphatic rings. The van der Waals surface area contributed by atoms with Gasteiger partial charge in [-0.05, 0) is 20.3 Å².